The van der Waals surface area contributed by atoms with Gasteiger partial charge in [-0.25, -0.2) is 0 Å². The maximum absolute atomic E-state index is 6.05. The van der Waals surface area contributed by atoms with Crippen molar-refractivity contribution in [1.82, 2.24) is 0 Å². The molecule has 1 aromatic carbocycles. The van der Waals surface area contributed by atoms with Gasteiger partial charge in [-0.05, 0) is 37.9 Å². The second kappa shape index (κ2) is 6.50. The molecule has 0 unspecified atom stereocenters. The molecule has 0 radical (unpaired) electrons. The summed E-state index contributed by atoms with van der Waals surface area (Å²) in [4.78, 5) is 0. The number of hydrogen-bond donors (Lipinski definition) is 1. The Labute approximate surface area is 96.6 Å². The predicted octanol–water partition coefficient (Wildman–Crippen LogP) is 3.13. The number of halogens is 1. The number of unbranched alkanes of at least 4 members (excludes halogenated alkanes) is 2. The van der Waals surface area contributed by atoms with E-state index < -0.39 is 0 Å². The Bertz CT molecular complexity index is 354. The summed E-state index contributed by atoms with van der Waals surface area (Å²) < 4.78 is 0. The molecule has 0 atom stereocenters. The van der Waals surface area contributed by atoms with Crippen molar-refractivity contribution in [3.63, 3.8) is 0 Å². The molecule has 0 saturated carbocycles. The first-order chi connectivity index (χ1) is 7.25. The summed E-state index contributed by atoms with van der Waals surface area (Å²) in [6, 6.07) is 5.84. The van der Waals surface area contributed by atoms with Gasteiger partial charge in [-0.15, -0.1) is 0 Å². The third-order valence-electron chi connectivity index (χ3n) is 2.19. The van der Waals surface area contributed by atoms with Gasteiger partial charge in [0, 0.05) is 12.0 Å². The second-order valence-electron chi connectivity index (χ2n) is 3.48. The number of aryl methyl sites for hydroxylation is 1. The maximum Gasteiger partial charge on any atom is 0.0565 e. The van der Waals surface area contributed by atoms with Crippen LogP contribution in [0.5, 0.6) is 0 Å². The van der Waals surface area contributed by atoms with Crippen LogP contribution < -0.4 is 5.73 Å². The molecule has 0 aliphatic rings. The Hall–Kier alpha value is -0.970. The van der Waals surface area contributed by atoms with Crippen LogP contribution in [-0.2, 0) is 0 Å². The molecule has 0 aromatic heterocycles. The summed E-state index contributed by atoms with van der Waals surface area (Å²) >= 11 is 6.05. The zero-order valence-electron chi connectivity index (χ0n) is 9.02. The largest absolute Gasteiger partial charge is 0.330 e. The lowest BCUT2D eigenvalue weighted by Crippen LogP contribution is -1.97. The van der Waals surface area contributed by atoms with Gasteiger partial charge in [0.05, 0.1) is 5.02 Å². The third kappa shape index (κ3) is 3.95. The zero-order valence-corrected chi connectivity index (χ0v) is 9.77. The van der Waals surface area contributed by atoms with Crippen molar-refractivity contribution in [2.75, 3.05) is 6.54 Å². The smallest absolute Gasteiger partial charge is 0.0565 e. The summed E-state index contributed by atoms with van der Waals surface area (Å²) in [5, 5.41) is 0.737. The van der Waals surface area contributed by atoms with E-state index >= 15 is 0 Å². The minimum absolute atomic E-state index is 0.737. The maximum atomic E-state index is 6.05. The fourth-order valence-corrected chi connectivity index (χ4v) is 1.57. The molecular formula is C13H16ClN. The van der Waals surface area contributed by atoms with Gasteiger partial charge < -0.3 is 5.73 Å². The third-order valence-corrected chi connectivity index (χ3v) is 2.51. The monoisotopic (exact) mass is 221 g/mol. The molecule has 0 aliphatic heterocycles. The quantitative estimate of drug-likeness (QED) is 0.616. The molecule has 0 aliphatic carbocycles. The number of hydrogen-bond acceptors (Lipinski definition) is 1. The average molecular weight is 222 g/mol. The van der Waals surface area contributed by atoms with Gasteiger partial charge >= 0.3 is 0 Å². The van der Waals surface area contributed by atoms with Crippen LogP contribution >= 0.6 is 11.6 Å². The summed E-state index contributed by atoms with van der Waals surface area (Å²) in [5.74, 6) is 6.25. The van der Waals surface area contributed by atoms with Crippen molar-refractivity contribution in [3.8, 4) is 11.8 Å². The van der Waals surface area contributed by atoms with E-state index in [0.717, 1.165) is 42.0 Å². The Balaban J connectivity index is 2.63. The highest BCUT2D eigenvalue weighted by atomic mass is 35.5. The highest BCUT2D eigenvalue weighted by Crippen LogP contribution is 2.17. The Morgan fingerprint density at radius 1 is 1.33 bits per heavy atom. The second-order valence-corrected chi connectivity index (χ2v) is 3.89. The van der Waals surface area contributed by atoms with Crippen molar-refractivity contribution in [3.05, 3.63) is 34.3 Å². The molecule has 2 N–H and O–H groups in total. The average Bonchev–Trinajstić information content (AvgIpc) is 2.21. The van der Waals surface area contributed by atoms with E-state index in [1.165, 1.54) is 0 Å². The lowest BCUT2D eigenvalue weighted by atomic mass is 10.1. The minimum Gasteiger partial charge on any atom is -0.330 e. The fourth-order valence-electron chi connectivity index (χ4n) is 1.30. The van der Waals surface area contributed by atoms with Gasteiger partial charge in [0.1, 0.15) is 0 Å². The molecule has 0 fully saturated rings. The van der Waals surface area contributed by atoms with Crippen LogP contribution in [0.4, 0.5) is 0 Å². The Morgan fingerprint density at radius 3 is 2.80 bits per heavy atom. The van der Waals surface area contributed by atoms with Crippen LogP contribution in [0.15, 0.2) is 18.2 Å². The molecule has 1 nitrogen and oxygen atoms in total. The lowest BCUT2D eigenvalue weighted by molar-refractivity contribution is 0.768. The van der Waals surface area contributed by atoms with Gasteiger partial charge in [-0.3, -0.25) is 0 Å². The van der Waals surface area contributed by atoms with Crippen LogP contribution in [0.3, 0.4) is 0 Å². The van der Waals surface area contributed by atoms with Crippen molar-refractivity contribution >= 4 is 11.6 Å². The first-order valence-corrected chi connectivity index (χ1v) is 5.57. The van der Waals surface area contributed by atoms with Crippen molar-refractivity contribution in [2.45, 2.75) is 26.2 Å². The van der Waals surface area contributed by atoms with Gasteiger partial charge in [0.2, 0.25) is 0 Å². The van der Waals surface area contributed by atoms with Crippen molar-refractivity contribution in [1.29, 1.82) is 0 Å². The van der Waals surface area contributed by atoms with E-state index in [0.29, 0.717) is 0 Å². The standard InChI is InChI=1S/C13H16ClN/c1-11-7-6-9-13(14)12(11)8-4-2-3-5-10-15/h6-7,9H,2-3,5,10,15H2,1H3. The molecule has 0 spiro atoms. The highest BCUT2D eigenvalue weighted by molar-refractivity contribution is 6.31. The minimum atomic E-state index is 0.737. The normalized spacial score (nSPS) is 9.53. The summed E-state index contributed by atoms with van der Waals surface area (Å²) in [6.07, 6.45) is 2.99. The number of benzene rings is 1. The lowest BCUT2D eigenvalue weighted by Gasteiger charge is -1.99. The first-order valence-electron chi connectivity index (χ1n) is 5.19. The molecule has 0 heterocycles. The van der Waals surface area contributed by atoms with Crippen LogP contribution in [0.25, 0.3) is 0 Å². The molecule has 0 amide bonds. The van der Waals surface area contributed by atoms with Gasteiger partial charge in [0.15, 0.2) is 0 Å². The van der Waals surface area contributed by atoms with Crippen molar-refractivity contribution < 1.29 is 0 Å². The van der Waals surface area contributed by atoms with Crippen LogP contribution in [0.2, 0.25) is 5.02 Å². The summed E-state index contributed by atoms with van der Waals surface area (Å²) in [6.45, 7) is 2.77. The summed E-state index contributed by atoms with van der Waals surface area (Å²) in [7, 11) is 0. The Kier molecular flexibility index (Phi) is 5.25. The first kappa shape index (κ1) is 12.1. The molecule has 0 saturated heterocycles. The van der Waals surface area contributed by atoms with E-state index in [4.69, 9.17) is 17.3 Å². The van der Waals surface area contributed by atoms with Crippen LogP contribution in [0, 0.1) is 18.8 Å². The van der Waals surface area contributed by atoms with Gasteiger partial charge in [0.25, 0.3) is 0 Å². The zero-order chi connectivity index (χ0) is 11.1. The topological polar surface area (TPSA) is 26.0 Å². The summed E-state index contributed by atoms with van der Waals surface area (Å²) in [5.41, 5.74) is 7.48. The van der Waals surface area contributed by atoms with E-state index in [-0.39, 0.29) is 0 Å². The number of rotatable bonds is 3. The number of nitrogens with two attached hydrogens (primary N) is 1. The van der Waals surface area contributed by atoms with E-state index in [1.807, 2.05) is 25.1 Å². The van der Waals surface area contributed by atoms with Crippen LogP contribution in [-0.4, -0.2) is 6.54 Å². The van der Waals surface area contributed by atoms with Crippen LogP contribution in [0.1, 0.15) is 30.4 Å². The fraction of sp³-hybridized carbons (Fsp3) is 0.385. The molecule has 80 valence electrons. The van der Waals surface area contributed by atoms with E-state index in [2.05, 4.69) is 11.8 Å². The van der Waals surface area contributed by atoms with E-state index in [1.54, 1.807) is 0 Å². The molecule has 15 heavy (non-hydrogen) atoms. The Morgan fingerprint density at radius 2 is 2.13 bits per heavy atom. The van der Waals surface area contributed by atoms with Crippen molar-refractivity contribution in [2.24, 2.45) is 5.73 Å². The van der Waals surface area contributed by atoms with Gasteiger partial charge in [-0.1, -0.05) is 35.6 Å². The predicted molar refractivity (Wildman–Crippen MR) is 66.0 cm³/mol. The SMILES string of the molecule is Cc1cccc(Cl)c1C#CCCCCN. The molecule has 0 bridgehead atoms. The van der Waals surface area contributed by atoms with E-state index in [9.17, 15) is 0 Å². The van der Waals surface area contributed by atoms with Gasteiger partial charge in [-0.2, -0.15) is 0 Å². The highest BCUT2D eigenvalue weighted by Gasteiger charge is 1.98. The molecular weight excluding hydrogens is 206 g/mol. The molecule has 2 heteroatoms. The molecule has 1 aromatic rings. The molecule has 1 rings (SSSR count).